The van der Waals surface area contributed by atoms with Crippen LogP contribution in [0.3, 0.4) is 0 Å². The van der Waals surface area contributed by atoms with Crippen LogP contribution in [-0.4, -0.2) is 92.9 Å². The van der Waals surface area contributed by atoms with Gasteiger partial charge in [0.05, 0.1) is 35.1 Å². The van der Waals surface area contributed by atoms with Crippen molar-refractivity contribution in [1.82, 2.24) is 35.7 Å². The number of nitrogens with zero attached hydrogens (tertiary/aromatic N) is 3. The summed E-state index contributed by atoms with van der Waals surface area (Å²) in [5.41, 5.74) is 1.37. The fraction of sp³-hybridized carbons (Fsp3) is 0.489. The first kappa shape index (κ1) is 45.7. The molecule has 340 valence electrons. The third-order valence-corrected chi connectivity index (χ3v) is 12.5. The molecule has 64 heavy (non-hydrogen) atoms. The minimum Gasteiger partial charge on any atom is -0.458 e. The monoisotopic (exact) mass is 885 g/mol. The van der Waals surface area contributed by atoms with E-state index in [-0.39, 0.29) is 74.0 Å². The van der Waals surface area contributed by atoms with E-state index >= 15 is 4.39 Å². The van der Waals surface area contributed by atoms with Crippen molar-refractivity contribution in [3.05, 3.63) is 73.8 Å². The molecule has 1 aromatic carbocycles. The molecule has 3 aliphatic heterocycles. The largest absolute Gasteiger partial charge is 0.458 e. The Morgan fingerprint density at radius 3 is 2.42 bits per heavy atom. The van der Waals surface area contributed by atoms with Gasteiger partial charge >= 0.3 is 5.97 Å². The Morgan fingerprint density at radius 2 is 1.72 bits per heavy atom. The second-order valence-corrected chi connectivity index (χ2v) is 17.0. The van der Waals surface area contributed by atoms with Gasteiger partial charge in [-0.25, -0.2) is 14.2 Å². The number of aryl methyl sites for hydroxylation is 1. The number of fused-ring (bicyclic) bond motifs is 5. The van der Waals surface area contributed by atoms with Crippen LogP contribution in [0.15, 0.2) is 29.1 Å². The van der Waals surface area contributed by atoms with E-state index in [9.17, 15) is 43.5 Å². The summed E-state index contributed by atoms with van der Waals surface area (Å²) in [6.45, 7) is 7.48. The summed E-state index contributed by atoms with van der Waals surface area (Å²) >= 11 is 0. The number of imide groups is 1. The van der Waals surface area contributed by atoms with Crippen molar-refractivity contribution in [2.24, 2.45) is 5.92 Å². The molecule has 1 unspecified atom stereocenters. The second-order valence-electron chi connectivity index (χ2n) is 17.0. The summed E-state index contributed by atoms with van der Waals surface area (Å²) < 4.78 is 27.5. The number of carbonyl (C=O) groups is 7. The summed E-state index contributed by atoms with van der Waals surface area (Å²) in [7, 11) is 0. The molecule has 4 atom stereocenters. The van der Waals surface area contributed by atoms with E-state index < -0.39 is 65.4 Å². The van der Waals surface area contributed by atoms with Crippen molar-refractivity contribution in [2.45, 2.75) is 116 Å². The highest BCUT2D eigenvalue weighted by Crippen LogP contribution is 2.46. The summed E-state index contributed by atoms with van der Waals surface area (Å²) in [5, 5.41) is 22.9. The van der Waals surface area contributed by atoms with Crippen LogP contribution >= 0.6 is 0 Å². The highest BCUT2D eigenvalue weighted by Gasteiger charge is 2.46. The number of carbonyl (C=O) groups excluding carboxylic acids is 7. The normalized spacial score (nSPS) is 19.2. The minimum atomic E-state index is -2.03. The number of unbranched alkanes of at least 4 members (excludes halogenated alkanes) is 2. The number of aliphatic hydroxyl groups is 1. The minimum absolute atomic E-state index is 0.0343. The number of aromatic nitrogens is 2. The van der Waals surface area contributed by atoms with Gasteiger partial charge in [0.25, 0.3) is 17.4 Å². The van der Waals surface area contributed by atoms with Gasteiger partial charge in [0, 0.05) is 47.7 Å². The van der Waals surface area contributed by atoms with Crippen LogP contribution in [0, 0.1) is 18.7 Å². The number of benzene rings is 1. The Bertz CT molecular complexity index is 2550. The molecule has 7 rings (SSSR count). The number of hydrogen-bond donors (Lipinski definition) is 5. The van der Waals surface area contributed by atoms with E-state index in [1.54, 1.807) is 33.8 Å². The fourth-order valence-corrected chi connectivity index (χ4v) is 8.89. The molecule has 3 aromatic rings. The lowest BCUT2D eigenvalue weighted by molar-refractivity contribution is -0.172. The van der Waals surface area contributed by atoms with Gasteiger partial charge in [-0.05, 0) is 74.6 Å². The maximum absolute atomic E-state index is 15.3. The molecule has 0 spiro atoms. The van der Waals surface area contributed by atoms with Crippen LogP contribution in [-0.2, 0) is 68.2 Å². The van der Waals surface area contributed by atoms with E-state index in [0.717, 1.165) is 10.5 Å². The van der Waals surface area contributed by atoms with Crippen molar-refractivity contribution in [1.29, 1.82) is 0 Å². The van der Waals surface area contributed by atoms with E-state index in [1.807, 2.05) is 0 Å². The quantitative estimate of drug-likeness (QED) is 0.0442. The first-order valence-electron chi connectivity index (χ1n) is 21.5. The number of cyclic esters (lactones) is 1. The maximum Gasteiger partial charge on any atom is 0.343 e. The predicted molar refractivity (Wildman–Crippen MR) is 226 cm³/mol. The Labute approximate surface area is 367 Å². The zero-order chi connectivity index (χ0) is 46.2. The molecular formula is C45H52FN7O11. The van der Waals surface area contributed by atoms with Crippen molar-refractivity contribution in [2.75, 3.05) is 19.9 Å². The first-order chi connectivity index (χ1) is 30.4. The van der Waals surface area contributed by atoms with Gasteiger partial charge < -0.3 is 40.4 Å². The third-order valence-electron chi connectivity index (χ3n) is 12.5. The first-order valence-corrected chi connectivity index (χ1v) is 21.5. The van der Waals surface area contributed by atoms with Gasteiger partial charge in [-0.3, -0.25) is 38.5 Å². The Hall–Kier alpha value is -6.34. The molecule has 0 saturated carbocycles. The van der Waals surface area contributed by atoms with Gasteiger partial charge in [0.2, 0.25) is 23.6 Å². The molecule has 19 heteroatoms. The molecule has 5 N–H and O–H groups in total. The lowest BCUT2D eigenvalue weighted by Crippen LogP contribution is -2.54. The van der Waals surface area contributed by atoms with Gasteiger partial charge in [0.1, 0.15) is 37.8 Å². The van der Waals surface area contributed by atoms with Gasteiger partial charge in [0.15, 0.2) is 5.60 Å². The molecule has 5 heterocycles. The van der Waals surface area contributed by atoms with Crippen molar-refractivity contribution in [3.8, 4) is 11.4 Å². The molecule has 18 nitrogen and oxygen atoms in total. The van der Waals surface area contributed by atoms with E-state index in [4.69, 9.17) is 14.5 Å². The summed E-state index contributed by atoms with van der Waals surface area (Å²) in [4.78, 5) is 108. The van der Waals surface area contributed by atoms with Crippen LogP contribution in [0.5, 0.6) is 0 Å². The number of halogens is 1. The number of esters is 1. The van der Waals surface area contributed by atoms with Crippen LogP contribution < -0.4 is 26.8 Å². The van der Waals surface area contributed by atoms with Crippen LogP contribution in [0.4, 0.5) is 4.39 Å². The summed E-state index contributed by atoms with van der Waals surface area (Å²) in [6, 6.07) is 0.358. The Kier molecular flexibility index (Phi) is 13.1. The van der Waals surface area contributed by atoms with E-state index in [0.29, 0.717) is 71.1 Å². The molecular weight excluding hydrogens is 834 g/mol. The Morgan fingerprint density at radius 1 is 0.984 bits per heavy atom. The smallest absolute Gasteiger partial charge is 0.343 e. The zero-order valence-electron chi connectivity index (χ0n) is 36.4. The molecule has 2 aromatic heterocycles. The summed E-state index contributed by atoms with van der Waals surface area (Å²) in [6.07, 6.45) is 4.96. The fourth-order valence-electron chi connectivity index (χ4n) is 8.89. The van der Waals surface area contributed by atoms with E-state index in [2.05, 4.69) is 21.3 Å². The summed E-state index contributed by atoms with van der Waals surface area (Å²) in [5.74, 6) is -4.35. The van der Waals surface area contributed by atoms with Crippen LogP contribution in [0.1, 0.15) is 106 Å². The SMILES string of the molecule is CC[C@@]1(O)C(=O)OCc2c1cc1n(c2=O)Cc2c-1nc1cc(F)c(C)c3c1c2[C@@H](NC(=O)COCNC(=O)[C@H](C)NC(=O)C(NC(=O)CCCCCN1C(=O)C=CC1=O)C(C)C)CC3. The average molecular weight is 886 g/mol. The molecule has 0 bridgehead atoms. The molecule has 6 amide bonds. The molecule has 1 aliphatic carbocycles. The van der Waals surface area contributed by atoms with Crippen molar-refractivity contribution >= 4 is 52.3 Å². The molecule has 0 saturated heterocycles. The number of amides is 6. The van der Waals surface area contributed by atoms with E-state index in [1.165, 1.54) is 29.7 Å². The van der Waals surface area contributed by atoms with Crippen LogP contribution in [0.2, 0.25) is 0 Å². The maximum atomic E-state index is 15.3. The molecule has 0 fully saturated rings. The molecule has 0 radical (unpaired) electrons. The zero-order valence-corrected chi connectivity index (χ0v) is 36.4. The average Bonchev–Trinajstić information content (AvgIpc) is 3.79. The number of rotatable bonds is 17. The van der Waals surface area contributed by atoms with Crippen LogP contribution in [0.25, 0.3) is 22.3 Å². The number of nitrogens with one attached hydrogen (secondary N) is 4. The van der Waals surface area contributed by atoms with Crippen molar-refractivity contribution in [3.63, 3.8) is 0 Å². The molecule has 4 aliphatic rings. The van der Waals surface area contributed by atoms with Gasteiger partial charge in [-0.2, -0.15) is 0 Å². The second kappa shape index (κ2) is 18.4. The number of ether oxygens (including phenoxy) is 2. The van der Waals surface area contributed by atoms with Gasteiger partial charge in [-0.1, -0.05) is 27.2 Å². The number of hydrogen-bond acceptors (Lipinski definition) is 12. The highest BCUT2D eigenvalue weighted by molar-refractivity contribution is 6.12. The lowest BCUT2D eigenvalue weighted by Gasteiger charge is -2.31. The lowest BCUT2D eigenvalue weighted by atomic mass is 9.81. The van der Waals surface area contributed by atoms with Crippen molar-refractivity contribution < 1.29 is 52.5 Å². The Balaban J connectivity index is 0.941. The standard InChI is InChI=1S/C45H52FN7O11/c1-6-45(62)28-16-32-40-26(18-53(32)43(60)27(28)19-64-44(45)61)38-30(12-11-25-23(4)29(46)17-31(50-40)37(25)38)49-34(55)20-63-21-47-41(58)24(5)48-42(59)39(22(2)3)51-33(54)10-8-7-9-15-52-35(56)13-14-36(52)57/h13-14,16-17,22,24,30,39,62H,6-12,15,18-21H2,1-5H3,(H,47,58)(H,48,59)(H,49,55)(H,51,54)/t24-,30-,39?,45-/m0/s1. The third kappa shape index (κ3) is 8.65. The van der Waals surface area contributed by atoms with Gasteiger partial charge in [-0.15, -0.1) is 0 Å². The highest BCUT2D eigenvalue weighted by atomic mass is 19.1. The topological polar surface area (TPSA) is 244 Å². The predicted octanol–water partition coefficient (Wildman–Crippen LogP) is 1.85. The number of pyridine rings is 2.